The number of fused-ring (bicyclic) bond motifs is 1. The van der Waals surface area contributed by atoms with Gasteiger partial charge in [0.1, 0.15) is 6.54 Å². The van der Waals surface area contributed by atoms with Gasteiger partial charge in [-0.25, -0.2) is 5.01 Å². The Morgan fingerprint density at radius 3 is 2.57 bits per heavy atom. The summed E-state index contributed by atoms with van der Waals surface area (Å²) in [7, 11) is 0. The van der Waals surface area contributed by atoms with Gasteiger partial charge in [0.15, 0.2) is 5.78 Å². The number of halogens is 1. The highest BCUT2D eigenvalue weighted by Gasteiger charge is 2.51. The molecule has 0 N–H and O–H groups in total. The van der Waals surface area contributed by atoms with Gasteiger partial charge in [0.05, 0.1) is 27.3 Å². The molecule has 3 amide bonds. The van der Waals surface area contributed by atoms with Crippen LogP contribution in [0.4, 0.5) is 0 Å². The minimum absolute atomic E-state index is 0.128. The molecule has 0 unspecified atom stereocenters. The van der Waals surface area contributed by atoms with E-state index in [2.05, 4.69) is 0 Å². The van der Waals surface area contributed by atoms with Crippen LogP contribution in [-0.4, -0.2) is 40.1 Å². The fourth-order valence-corrected chi connectivity index (χ4v) is 4.79. The number of rotatable bonds is 5. The number of carbonyl (C=O) groups excluding carboxylic acids is 4. The number of carbonyl (C=O) groups is 4. The van der Waals surface area contributed by atoms with Crippen molar-refractivity contribution in [3.05, 3.63) is 68.9 Å². The maximum Gasteiger partial charge on any atom is 0.274 e. The van der Waals surface area contributed by atoms with Crippen molar-refractivity contribution in [1.82, 2.24) is 10.0 Å². The van der Waals surface area contributed by atoms with Gasteiger partial charge in [-0.15, -0.1) is 11.3 Å². The summed E-state index contributed by atoms with van der Waals surface area (Å²) in [4.78, 5) is 52.9. The number of thiophene rings is 1. The van der Waals surface area contributed by atoms with Crippen LogP contribution in [0.25, 0.3) is 0 Å². The first-order valence-electron chi connectivity index (χ1n) is 9.55. The molecule has 2 atom stereocenters. The monoisotopic (exact) mass is 442 g/mol. The number of nitrogens with zero attached hydrogens (tertiary/aromatic N) is 2. The third-order valence-electron chi connectivity index (χ3n) is 5.47. The Kier molecular flexibility index (Phi) is 5.58. The van der Waals surface area contributed by atoms with E-state index in [1.165, 1.54) is 17.4 Å². The molecule has 30 heavy (non-hydrogen) atoms. The molecule has 2 aromatic rings. The van der Waals surface area contributed by atoms with Crippen molar-refractivity contribution < 1.29 is 19.2 Å². The van der Waals surface area contributed by atoms with E-state index in [0.717, 1.165) is 15.6 Å². The standard InChI is InChI=1S/C22H19ClN2O4S/c1-13-8-9-14-16(11-13)22(29)25(21(14)28)24(12-18(26)19-7-4-10-30-19)20(27)15-5-2-3-6-17(15)23/h2-8,10,14,16H,9,11-12H2,1H3/t14-,16+/m1/s1. The van der Waals surface area contributed by atoms with Crippen molar-refractivity contribution >= 4 is 46.4 Å². The normalized spacial score (nSPS) is 20.7. The number of amides is 3. The van der Waals surface area contributed by atoms with Crippen LogP contribution in [0.1, 0.15) is 39.8 Å². The number of benzene rings is 1. The molecule has 154 valence electrons. The number of imide groups is 1. The van der Waals surface area contributed by atoms with E-state index in [-0.39, 0.29) is 16.4 Å². The summed E-state index contributed by atoms with van der Waals surface area (Å²) >= 11 is 7.43. The highest BCUT2D eigenvalue weighted by atomic mass is 35.5. The molecular formula is C22H19ClN2O4S. The summed E-state index contributed by atoms with van der Waals surface area (Å²) in [6, 6.07) is 9.75. The van der Waals surface area contributed by atoms with Crippen molar-refractivity contribution in [2.24, 2.45) is 11.8 Å². The van der Waals surface area contributed by atoms with Crippen LogP contribution < -0.4 is 0 Å². The molecule has 6 nitrogen and oxygen atoms in total. The van der Waals surface area contributed by atoms with E-state index < -0.39 is 36.1 Å². The molecule has 0 saturated carbocycles. The van der Waals surface area contributed by atoms with Crippen LogP contribution in [0.2, 0.25) is 5.02 Å². The smallest absolute Gasteiger partial charge is 0.274 e. The number of hydrogen-bond donors (Lipinski definition) is 0. The molecule has 0 spiro atoms. The topological polar surface area (TPSA) is 74.8 Å². The van der Waals surface area contributed by atoms with Gasteiger partial charge in [-0.1, -0.05) is 41.4 Å². The fourth-order valence-electron chi connectivity index (χ4n) is 3.92. The van der Waals surface area contributed by atoms with Gasteiger partial charge < -0.3 is 0 Å². The minimum Gasteiger partial charge on any atom is -0.291 e. The van der Waals surface area contributed by atoms with Gasteiger partial charge in [0.25, 0.3) is 17.7 Å². The van der Waals surface area contributed by atoms with Crippen molar-refractivity contribution in [3.8, 4) is 0 Å². The Morgan fingerprint density at radius 2 is 1.87 bits per heavy atom. The van der Waals surface area contributed by atoms with Gasteiger partial charge in [-0.05, 0) is 43.3 Å². The molecule has 0 radical (unpaired) electrons. The Labute approximate surface area is 182 Å². The Balaban J connectivity index is 1.71. The predicted molar refractivity (Wildman–Crippen MR) is 113 cm³/mol. The molecule has 1 aliphatic carbocycles. The molecule has 1 aliphatic heterocycles. The van der Waals surface area contributed by atoms with Crippen LogP contribution >= 0.6 is 22.9 Å². The number of Topliss-reactive ketones (excluding diaryl/α,β-unsaturated/α-hetero) is 1. The van der Waals surface area contributed by atoms with E-state index >= 15 is 0 Å². The number of hydrogen-bond acceptors (Lipinski definition) is 5. The summed E-state index contributed by atoms with van der Waals surface area (Å²) in [5.41, 5.74) is 1.17. The molecule has 2 heterocycles. The van der Waals surface area contributed by atoms with Gasteiger partial charge in [-0.2, -0.15) is 5.01 Å². The van der Waals surface area contributed by atoms with Crippen LogP contribution in [0.15, 0.2) is 53.4 Å². The molecule has 1 aromatic carbocycles. The van der Waals surface area contributed by atoms with E-state index in [9.17, 15) is 19.2 Å². The highest BCUT2D eigenvalue weighted by Crippen LogP contribution is 2.38. The third kappa shape index (κ3) is 3.59. The summed E-state index contributed by atoms with van der Waals surface area (Å²) < 4.78 is 0. The van der Waals surface area contributed by atoms with Crippen molar-refractivity contribution in [2.45, 2.75) is 19.8 Å². The lowest BCUT2D eigenvalue weighted by molar-refractivity contribution is -0.154. The van der Waals surface area contributed by atoms with Crippen LogP contribution in [0.5, 0.6) is 0 Å². The highest BCUT2D eigenvalue weighted by molar-refractivity contribution is 7.12. The Morgan fingerprint density at radius 1 is 1.13 bits per heavy atom. The molecule has 1 aromatic heterocycles. The Hall–Kier alpha value is -2.77. The average molecular weight is 443 g/mol. The maximum atomic E-state index is 13.4. The molecule has 4 rings (SSSR count). The van der Waals surface area contributed by atoms with Crippen LogP contribution in [-0.2, 0) is 9.59 Å². The molecular weight excluding hydrogens is 424 g/mol. The number of hydrazine groups is 1. The zero-order valence-corrected chi connectivity index (χ0v) is 17.8. The van der Waals surface area contributed by atoms with Crippen LogP contribution in [0, 0.1) is 11.8 Å². The second-order valence-electron chi connectivity index (χ2n) is 7.43. The zero-order chi connectivity index (χ0) is 21.4. The zero-order valence-electron chi connectivity index (χ0n) is 16.2. The van der Waals surface area contributed by atoms with Gasteiger partial charge in [0.2, 0.25) is 0 Å². The van der Waals surface area contributed by atoms with E-state index in [0.29, 0.717) is 17.7 Å². The second kappa shape index (κ2) is 8.16. The first-order chi connectivity index (χ1) is 14.4. The average Bonchev–Trinajstić information content (AvgIpc) is 3.34. The lowest BCUT2D eigenvalue weighted by Gasteiger charge is -2.30. The summed E-state index contributed by atoms with van der Waals surface area (Å²) in [6.07, 6.45) is 2.87. The van der Waals surface area contributed by atoms with E-state index in [1.54, 1.807) is 35.7 Å². The van der Waals surface area contributed by atoms with E-state index in [1.807, 2.05) is 13.0 Å². The lowest BCUT2D eigenvalue weighted by Crippen LogP contribution is -2.52. The van der Waals surface area contributed by atoms with Crippen molar-refractivity contribution in [3.63, 3.8) is 0 Å². The van der Waals surface area contributed by atoms with Gasteiger partial charge in [0, 0.05) is 0 Å². The van der Waals surface area contributed by atoms with Crippen molar-refractivity contribution in [1.29, 1.82) is 0 Å². The SMILES string of the molecule is CC1=CC[C@H]2C(=O)N(N(CC(=O)c3cccs3)C(=O)c3ccccc3Cl)C(=O)[C@H]2C1. The molecule has 8 heteroatoms. The summed E-state index contributed by atoms with van der Waals surface area (Å²) in [6.45, 7) is 1.50. The van der Waals surface area contributed by atoms with Crippen molar-refractivity contribution in [2.75, 3.05) is 6.54 Å². The molecule has 2 aliphatic rings. The number of ketones is 1. The van der Waals surface area contributed by atoms with Gasteiger partial charge in [-0.3, -0.25) is 19.2 Å². The predicted octanol–water partition coefficient (Wildman–Crippen LogP) is 3.98. The number of allylic oxidation sites excluding steroid dienone is 2. The molecule has 0 bridgehead atoms. The molecule has 1 fully saturated rings. The minimum atomic E-state index is -0.657. The van der Waals surface area contributed by atoms with Crippen LogP contribution in [0.3, 0.4) is 0 Å². The summed E-state index contributed by atoms with van der Waals surface area (Å²) in [5, 5.41) is 3.77. The third-order valence-corrected chi connectivity index (χ3v) is 6.71. The molecule has 1 saturated heterocycles. The first kappa shape index (κ1) is 20.5. The van der Waals surface area contributed by atoms with Gasteiger partial charge >= 0.3 is 0 Å². The lowest BCUT2D eigenvalue weighted by atomic mass is 9.82. The largest absolute Gasteiger partial charge is 0.291 e. The maximum absolute atomic E-state index is 13.4. The fraction of sp³-hybridized carbons (Fsp3) is 0.273. The first-order valence-corrected chi connectivity index (χ1v) is 10.8. The van der Waals surface area contributed by atoms with E-state index in [4.69, 9.17) is 11.6 Å². The quantitative estimate of drug-likeness (QED) is 0.398. The summed E-state index contributed by atoms with van der Waals surface area (Å²) in [5.74, 6) is -2.93. The second-order valence-corrected chi connectivity index (χ2v) is 8.79. The Bertz CT molecular complexity index is 1060.